The number of fused-ring (bicyclic) bond motifs is 1. The molecule has 0 aliphatic carbocycles. The van der Waals surface area contributed by atoms with Gasteiger partial charge < -0.3 is 24.3 Å². The zero-order valence-corrected chi connectivity index (χ0v) is 14.8. The molecule has 0 fully saturated rings. The summed E-state index contributed by atoms with van der Waals surface area (Å²) in [4.78, 5) is 24.2. The average molecular weight is 375 g/mol. The van der Waals surface area contributed by atoms with Crippen LogP contribution in [0.4, 0.5) is 4.39 Å². The molecule has 2 aromatic carbocycles. The summed E-state index contributed by atoms with van der Waals surface area (Å²) >= 11 is 0. The maximum atomic E-state index is 13.7. The zero-order valence-electron chi connectivity index (χ0n) is 14.8. The molecule has 3 rings (SSSR count). The van der Waals surface area contributed by atoms with Crippen LogP contribution in [0.3, 0.4) is 0 Å². The molecule has 8 heteroatoms. The van der Waals surface area contributed by atoms with Crippen LogP contribution >= 0.6 is 0 Å². The highest BCUT2D eigenvalue weighted by Gasteiger charge is 2.20. The van der Waals surface area contributed by atoms with Gasteiger partial charge in [-0.1, -0.05) is 6.07 Å². The van der Waals surface area contributed by atoms with Crippen molar-refractivity contribution in [3.05, 3.63) is 53.3 Å². The second-order valence-corrected chi connectivity index (χ2v) is 5.80. The van der Waals surface area contributed by atoms with Crippen molar-refractivity contribution in [1.29, 1.82) is 0 Å². The molecule has 0 bridgehead atoms. The maximum Gasteiger partial charge on any atom is 0.339 e. The minimum Gasteiger partial charge on any atom is -0.494 e. The zero-order chi connectivity index (χ0) is 19.4. The molecule has 1 aliphatic heterocycles. The molecular weight excluding hydrogens is 357 g/mol. The molecule has 0 saturated heterocycles. The van der Waals surface area contributed by atoms with Crippen LogP contribution in [-0.2, 0) is 16.1 Å². The largest absolute Gasteiger partial charge is 0.494 e. The Labute approximate surface area is 155 Å². The first kappa shape index (κ1) is 18.5. The molecule has 0 aromatic heterocycles. The SMILES string of the molecule is COc1ccc(C(=O)O[C@@H](C)C(=O)NCc2ccc3c(c2)OCO3)cc1F. The van der Waals surface area contributed by atoms with Gasteiger partial charge in [-0.15, -0.1) is 0 Å². The second-order valence-electron chi connectivity index (χ2n) is 5.80. The summed E-state index contributed by atoms with van der Waals surface area (Å²) in [5.41, 5.74) is 0.798. The Morgan fingerprint density at radius 1 is 1.19 bits per heavy atom. The van der Waals surface area contributed by atoms with Crippen molar-refractivity contribution in [3.8, 4) is 17.2 Å². The predicted octanol–water partition coefficient (Wildman–Crippen LogP) is 2.42. The molecule has 1 atom stereocenters. The minimum atomic E-state index is -1.04. The highest BCUT2D eigenvalue weighted by atomic mass is 19.1. The van der Waals surface area contributed by atoms with Crippen LogP contribution < -0.4 is 19.5 Å². The lowest BCUT2D eigenvalue weighted by atomic mass is 10.2. The van der Waals surface area contributed by atoms with E-state index in [4.69, 9.17) is 18.9 Å². The Morgan fingerprint density at radius 3 is 2.70 bits per heavy atom. The molecule has 7 nitrogen and oxygen atoms in total. The number of carbonyl (C=O) groups is 2. The van der Waals surface area contributed by atoms with Gasteiger partial charge in [0.05, 0.1) is 12.7 Å². The molecule has 142 valence electrons. The van der Waals surface area contributed by atoms with Crippen molar-refractivity contribution in [2.24, 2.45) is 0 Å². The first-order valence-corrected chi connectivity index (χ1v) is 8.18. The minimum absolute atomic E-state index is 0.0104. The first-order chi connectivity index (χ1) is 13.0. The van der Waals surface area contributed by atoms with Gasteiger partial charge in [0, 0.05) is 6.54 Å². The summed E-state index contributed by atoms with van der Waals surface area (Å²) in [6.07, 6.45) is -1.04. The lowest BCUT2D eigenvalue weighted by Crippen LogP contribution is -2.35. The number of hydrogen-bond donors (Lipinski definition) is 1. The molecule has 0 spiro atoms. The van der Waals surface area contributed by atoms with Crippen molar-refractivity contribution >= 4 is 11.9 Å². The van der Waals surface area contributed by atoms with Crippen LogP contribution in [0.2, 0.25) is 0 Å². The summed E-state index contributed by atoms with van der Waals surface area (Å²) in [5, 5.41) is 2.67. The fraction of sp³-hybridized carbons (Fsp3) is 0.263. The predicted molar refractivity (Wildman–Crippen MR) is 92.2 cm³/mol. The standard InChI is InChI=1S/C19H18FNO6/c1-11(27-19(23)13-4-6-15(24-2)14(20)8-13)18(22)21-9-12-3-5-16-17(7-12)26-10-25-16/h3-8,11H,9-10H2,1-2H3,(H,21,22)/t11-/m0/s1. The number of ether oxygens (including phenoxy) is 4. The molecule has 0 unspecified atom stereocenters. The normalized spacial score (nSPS) is 13.0. The van der Waals surface area contributed by atoms with E-state index in [2.05, 4.69) is 5.32 Å². The van der Waals surface area contributed by atoms with Crippen LogP contribution in [0.5, 0.6) is 17.2 Å². The smallest absolute Gasteiger partial charge is 0.339 e. The fourth-order valence-corrected chi connectivity index (χ4v) is 2.46. The number of carbonyl (C=O) groups excluding carboxylic acids is 2. The number of halogens is 1. The number of nitrogens with one attached hydrogen (secondary N) is 1. The van der Waals surface area contributed by atoms with Crippen molar-refractivity contribution < 1.29 is 32.9 Å². The van der Waals surface area contributed by atoms with E-state index in [1.807, 2.05) is 0 Å². The van der Waals surface area contributed by atoms with Crippen molar-refractivity contribution in [2.75, 3.05) is 13.9 Å². The van der Waals surface area contributed by atoms with Crippen LogP contribution in [0, 0.1) is 5.82 Å². The van der Waals surface area contributed by atoms with Crippen LogP contribution in [0.25, 0.3) is 0 Å². The van der Waals surface area contributed by atoms with E-state index >= 15 is 0 Å². The monoisotopic (exact) mass is 375 g/mol. The molecule has 27 heavy (non-hydrogen) atoms. The number of methoxy groups -OCH3 is 1. The molecule has 1 aliphatic rings. The average Bonchev–Trinajstić information content (AvgIpc) is 3.13. The fourth-order valence-electron chi connectivity index (χ4n) is 2.46. The Morgan fingerprint density at radius 2 is 1.96 bits per heavy atom. The van der Waals surface area contributed by atoms with E-state index in [1.165, 1.54) is 26.2 Å². The van der Waals surface area contributed by atoms with Gasteiger partial charge >= 0.3 is 5.97 Å². The van der Waals surface area contributed by atoms with Gasteiger partial charge in [-0.3, -0.25) is 4.79 Å². The number of hydrogen-bond acceptors (Lipinski definition) is 6. The molecule has 1 amide bonds. The van der Waals surface area contributed by atoms with Gasteiger partial charge in [-0.25, -0.2) is 9.18 Å². The molecule has 1 N–H and O–H groups in total. The van der Waals surface area contributed by atoms with E-state index in [-0.39, 0.29) is 24.7 Å². The second kappa shape index (κ2) is 7.94. The topological polar surface area (TPSA) is 83.1 Å². The molecule has 0 saturated carbocycles. The number of esters is 1. The van der Waals surface area contributed by atoms with Crippen molar-refractivity contribution in [2.45, 2.75) is 19.6 Å². The van der Waals surface area contributed by atoms with Crippen molar-refractivity contribution in [3.63, 3.8) is 0 Å². The Hall–Kier alpha value is -3.29. The van der Waals surface area contributed by atoms with Gasteiger partial charge in [-0.2, -0.15) is 0 Å². The van der Waals surface area contributed by atoms with E-state index in [1.54, 1.807) is 18.2 Å². The first-order valence-electron chi connectivity index (χ1n) is 8.18. The highest BCUT2D eigenvalue weighted by molar-refractivity contribution is 5.92. The quantitative estimate of drug-likeness (QED) is 0.781. The number of rotatable bonds is 6. The van der Waals surface area contributed by atoms with Gasteiger partial charge in [0.15, 0.2) is 29.2 Å². The van der Waals surface area contributed by atoms with E-state index in [0.29, 0.717) is 11.5 Å². The summed E-state index contributed by atoms with van der Waals surface area (Å²) in [5.74, 6) is -0.688. The van der Waals surface area contributed by atoms with E-state index in [0.717, 1.165) is 11.6 Å². The third-order valence-electron chi connectivity index (χ3n) is 3.94. The van der Waals surface area contributed by atoms with Gasteiger partial charge in [-0.05, 0) is 42.8 Å². The Kier molecular flexibility index (Phi) is 5.44. The van der Waals surface area contributed by atoms with Gasteiger partial charge in [0.25, 0.3) is 5.91 Å². The van der Waals surface area contributed by atoms with Gasteiger partial charge in [0.1, 0.15) is 0 Å². The summed E-state index contributed by atoms with van der Waals surface area (Å²) < 4.78 is 34.1. The molecule has 0 radical (unpaired) electrons. The molecular formula is C19H18FNO6. The van der Waals surface area contributed by atoms with Crippen LogP contribution in [0.1, 0.15) is 22.8 Å². The highest BCUT2D eigenvalue weighted by Crippen LogP contribution is 2.32. The number of benzene rings is 2. The molecule has 1 heterocycles. The van der Waals surface area contributed by atoms with Gasteiger partial charge in [0.2, 0.25) is 6.79 Å². The summed E-state index contributed by atoms with van der Waals surface area (Å²) in [6.45, 7) is 1.84. The van der Waals surface area contributed by atoms with Crippen LogP contribution in [0.15, 0.2) is 36.4 Å². The summed E-state index contributed by atoms with van der Waals surface area (Å²) in [7, 11) is 1.32. The van der Waals surface area contributed by atoms with Crippen molar-refractivity contribution in [1.82, 2.24) is 5.32 Å². The lowest BCUT2D eigenvalue weighted by Gasteiger charge is -2.14. The van der Waals surface area contributed by atoms with E-state index in [9.17, 15) is 14.0 Å². The Bertz CT molecular complexity index is 869. The third-order valence-corrected chi connectivity index (χ3v) is 3.94. The lowest BCUT2D eigenvalue weighted by molar-refractivity contribution is -0.129. The van der Waals surface area contributed by atoms with Crippen LogP contribution in [-0.4, -0.2) is 31.9 Å². The molecule has 2 aromatic rings. The Balaban J connectivity index is 1.54. The number of amides is 1. The van der Waals surface area contributed by atoms with E-state index < -0.39 is 23.8 Å². The summed E-state index contributed by atoms with van der Waals surface area (Å²) in [6, 6.07) is 8.99. The maximum absolute atomic E-state index is 13.7. The third kappa shape index (κ3) is 4.28.